The zero-order valence-corrected chi connectivity index (χ0v) is 10.3. The van der Waals surface area contributed by atoms with Gasteiger partial charge in [-0.15, -0.1) is 0 Å². The molecule has 3 N–H and O–H groups in total. The quantitative estimate of drug-likeness (QED) is 0.809. The summed E-state index contributed by atoms with van der Waals surface area (Å²) in [6.45, 7) is 4.78. The van der Waals surface area contributed by atoms with Gasteiger partial charge in [-0.2, -0.15) is 0 Å². The zero-order valence-electron chi connectivity index (χ0n) is 10.3. The Kier molecular flexibility index (Phi) is 4.14. The molecule has 1 aliphatic rings. The molecule has 0 aliphatic carbocycles. The fourth-order valence-corrected chi connectivity index (χ4v) is 2.13. The molecule has 0 amide bonds. The molecule has 2 rings (SSSR count). The lowest BCUT2D eigenvalue weighted by Crippen LogP contribution is -2.12. The van der Waals surface area contributed by atoms with Gasteiger partial charge >= 0.3 is 0 Å². The van der Waals surface area contributed by atoms with E-state index in [1.165, 1.54) is 12.7 Å². The van der Waals surface area contributed by atoms with Gasteiger partial charge in [0.2, 0.25) is 0 Å². The Bertz CT molecular complexity index is 364. The minimum Gasteiger partial charge on any atom is -0.383 e. The minimum absolute atomic E-state index is 0.578. The maximum absolute atomic E-state index is 5.81. The second-order valence-electron chi connectivity index (χ2n) is 4.38. The van der Waals surface area contributed by atoms with Gasteiger partial charge in [0.1, 0.15) is 18.0 Å². The van der Waals surface area contributed by atoms with Crippen LogP contribution in [0.2, 0.25) is 0 Å². The molecule has 1 aromatic heterocycles. The van der Waals surface area contributed by atoms with Gasteiger partial charge < -0.3 is 15.8 Å². The molecule has 0 bridgehead atoms. The van der Waals surface area contributed by atoms with E-state index in [0.29, 0.717) is 11.7 Å². The maximum atomic E-state index is 5.81. The van der Waals surface area contributed by atoms with Crippen LogP contribution >= 0.6 is 0 Å². The number of aromatic nitrogens is 2. The largest absolute Gasteiger partial charge is 0.383 e. The fraction of sp³-hybridized carbons (Fsp3) is 0.667. The number of ether oxygens (including phenoxy) is 1. The average Bonchev–Trinajstić information content (AvgIpc) is 2.82. The number of hydrogen-bond donors (Lipinski definition) is 2. The van der Waals surface area contributed by atoms with Crippen LogP contribution in [0, 0.1) is 5.92 Å². The van der Waals surface area contributed by atoms with Gasteiger partial charge in [-0.05, 0) is 25.2 Å². The highest BCUT2D eigenvalue weighted by Crippen LogP contribution is 2.19. The van der Waals surface area contributed by atoms with Crippen LogP contribution in [-0.2, 0) is 11.2 Å². The van der Waals surface area contributed by atoms with Crippen LogP contribution in [0.3, 0.4) is 0 Å². The molecule has 2 heterocycles. The summed E-state index contributed by atoms with van der Waals surface area (Å²) in [7, 11) is 0. The Hall–Kier alpha value is -1.36. The van der Waals surface area contributed by atoms with E-state index in [9.17, 15) is 0 Å². The molecule has 1 unspecified atom stereocenters. The van der Waals surface area contributed by atoms with Crippen molar-refractivity contribution in [3.63, 3.8) is 0 Å². The van der Waals surface area contributed by atoms with Gasteiger partial charge in [0.25, 0.3) is 0 Å². The third kappa shape index (κ3) is 3.06. The van der Waals surface area contributed by atoms with Crippen LogP contribution < -0.4 is 11.1 Å². The van der Waals surface area contributed by atoms with E-state index < -0.39 is 0 Å². The molecule has 1 aliphatic heterocycles. The first-order valence-corrected chi connectivity index (χ1v) is 6.22. The number of nitrogen functional groups attached to an aromatic ring is 1. The van der Waals surface area contributed by atoms with Crippen LogP contribution in [0.1, 0.15) is 25.3 Å². The molecule has 1 atom stereocenters. The molecule has 1 fully saturated rings. The molecular formula is C12H20N4O. The fourth-order valence-electron chi connectivity index (χ4n) is 2.13. The summed E-state index contributed by atoms with van der Waals surface area (Å²) < 4.78 is 5.35. The molecule has 0 radical (unpaired) electrons. The monoisotopic (exact) mass is 236 g/mol. The SMILES string of the molecule is CCc1c(N)ncnc1NCCC1CCOC1. The highest BCUT2D eigenvalue weighted by molar-refractivity contribution is 5.54. The van der Waals surface area contributed by atoms with E-state index in [2.05, 4.69) is 22.2 Å². The molecule has 17 heavy (non-hydrogen) atoms. The predicted octanol–water partition coefficient (Wildman–Crippen LogP) is 1.46. The van der Waals surface area contributed by atoms with Crippen molar-refractivity contribution in [3.05, 3.63) is 11.9 Å². The van der Waals surface area contributed by atoms with E-state index in [1.807, 2.05) is 0 Å². The topological polar surface area (TPSA) is 73.1 Å². The lowest BCUT2D eigenvalue weighted by atomic mass is 10.1. The summed E-state index contributed by atoms with van der Waals surface area (Å²) in [5.74, 6) is 2.14. The highest BCUT2D eigenvalue weighted by atomic mass is 16.5. The summed E-state index contributed by atoms with van der Waals surface area (Å²) in [6.07, 6.45) is 4.65. The molecule has 0 spiro atoms. The van der Waals surface area contributed by atoms with Crippen LogP contribution in [0.25, 0.3) is 0 Å². The number of rotatable bonds is 5. The summed E-state index contributed by atoms with van der Waals surface area (Å²) >= 11 is 0. The second kappa shape index (κ2) is 5.82. The van der Waals surface area contributed by atoms with Crippen molar-refractivity contribution in [1.29, 1.82) is 0 Å². The van der Waals surface area contributed by atoms with Gasteiger partial charge in [-0.25, -0.2) is 9.97 Å². The Balaban J connectivity index is 1.87. The van der Waals surface area contributed by atoms with Crippen molar-refractivity contribution in [3.8, 4) is 0 Å². The first-order chi connectivity index (χ1) is 8.31. The number of nitrogens with two attached hydrogens (primary N) is 1. The number of hydrogen-bond acceptors (Lipinski definition) is 5. The zero-order chi connectivity index (χ0) is 12.1. The highest BCUT2D eigenvalue weighted by Gasteiger charge is 2.15. The minimum atomic E-state index is 0.578. The average molecular weight is 236 g/mol. The number of anilines is 2. The molecule has 5 nitrogen and oxygen atoms in total. The molecule has 1 saturated heterocycles. The van der Waals surface area contributed by atoms with Crippen molar-refractivity contribution < 1.29 is 4.74 Å². The third-order valence-electron chi connectivity index (χ3n) is 3.20. The predicted molar refractivity (Wildman–Crippen MR) is 67.9 cm³/mol. The Morgan fingerprint density at radius 3 is 3.12 bits per heavy atom. The van der Waals surface area contributed by atoms with E-state index >= 15 is 0 Å². The maximum Gasteiger partial charge on any atom is 0.134 e. The normalized spacial score (nSPS) is 19.5. The molecule has 1 aromatic rings. The Morgan fingerprint density at radius 2 is 2.41 bits per heavy atom. The van der Waals surface area contributed by atoms with E-state index in [1.54, 1.807) is 0 Å². The first-order valence-electron chi connectivity index (χ1n) is 6.22. The van der Waals surface area contributed by atoms with Crippen molar-refractivity contribution in [2.75, 3.05) is 30.8 Å². The van der Waals surface area contributed by atoms with Gasteiger partial charge in [0, 0.05) is 25.3 Å². The molecule has 94 valence electrons. The molecular weight excluding hydrogens is 216 g/mol. The molecule has 0 saturated carbocycles. The van der Waals surface area contributed by atoms with Gasteiger partial charge in [0.15, 0.2) is 0 Å². The lowest BCUT2D eigenvalue weighted by molar-refractivity contribution is 0.185. The number of nitrogens with zero attached hydrogens (tertiary/aromatic N) is 2. The van der Waals surface area contributed by atoms with Crippen LogP contribution in [0.15, 0.2) is 6.33 Å². The van der Waals surface area contributed by atoms with Crippen LogP contribution in [-0.4, -0.2) is 29.7 Å². The van der Waals surface area contributed by atoms with Crippen molar-refractivity contribution in [2.24, 2.45) is 5.92 Å². The summed E-state index contributed by atoms with van der Waals surface area (Å²) in [6, 6.07) is 0. The van der Waals surface area contributed by atoms with Gasteiger partial charge in [0.05, 0.1) is 0 Å². The lowest BCUT2D eigenvalue weighted by Gasteiger charge is -2.12. The summed E-state index contributed by atoms with van der Waals surface area (Å²) in [4.78, 5) is 8.24. The number of nitrogens with one attached hydrogen (secondary N) is 1. The Morgan fingerprint density at radius 1 is 1.53 bits per heavy atom. The second-order valence-corrected chi connectivity index (χ2v) is 4.38. The van der Waals surface area contributed by atoms with Gasteiger partial charge in [-0.1, -0.05) is 6.92 Å². The first kappa shape index (κ1) is 12.1. The van der Waals surface area contributed by atoms with Crippen molar-refractivity contribution >= 4 is 11.6 Å². The smallest absolute Gasteiger partial charge is 0.134 e. The third-order valence-corrected chi connectivity index (χ3v) is 3.20. The van der Waals surface area contributed by atoms with Crippen molar-refractivity contribution in [2.45, 2.75) is 26.2 Å². The standard InChI is InChI=1S/C12H20N4O/c1-2-10-11(13)15-8-16-12(10)14-5-3-9-4-6-17-7-9/h8-9H,2-7H2,1H3,(H3,13,14,15,16). The van der Waals surface area contributed by atoms with E-state index in [-0.39, 0.29) is 0 Å². The van der Waals surface area contributed by atoms with E-state index in [0.717, 1.165) is 44.0 Å². The molecule has 5 heteroatoms. The summed E-state index contributed by atoms with van der Waals surface area (Å²) in [5, 5.41) is 3.35. The van der Waals surface area contributed by atoms with Crippen LogP contribution in [0.4, 0.5) is 11.6 Å². The summed E-state index contributed by atoms with van der Waals surface area (Å²) in [5.41, 5.74) is 6.82. The van der Waals surface area contributed by atoms with Crippen LogP contribution in [0.5, 0.6) is 0 Å². The van der Waals surface area contributed by atoms with Crippen molar-refractivity contribution in [1.82, 2.24) is 9.97 Å². The Labute approximate surface area is 102 Å². The van der Waals surface area contributed by atoms with E-state index in [4.69, 9.17) is 10.5 Å². The molecule has 0 aromatic carbocycles. The van der Waals surface area contributed by atoms with Gasteiger partial charge in [-0.3, -0.25) is 0 Å².